The number of nitrogens with one attached hydrogen (secondary N) is 1. The highest BCUT2D eigenvalue weighted by atomic mass is 32.2. The summed E-state index contributed by atoms with van der Waals surface area (Å²) in [5.41, 5.74) is 6.20. The van der Waals surface area contributed by atoms with Crippen LogP contribution >= 0.6 is 0 Å². The summed E-state index contributed by atoms with van der Waals surface area (Å²) in [5, 5.41) is 7.52. The number of amidine groups is 1. The van der Waals surface area contributed by atoms with E-state index in [0.29, 0.717) is 11.3 Å². The average Bonchev–Trinajstić information content (AvgIpc) is 2.47. The van der Waals surface area contributed by atoms with Gasteiger partial charge in [0.1, 0.15) is 10.7 Å². The van der Waals surface area contributed by atoms with E-state index in [0.717, 1.165) is 4.31 Å². The predicted molar refractivity (Wildman–Crippen MR) is 77.3 cm³/mol. The van der Waals surface area contributed by atoms with Crippen LogP contribution in [0.15, 0.2) is 53.7 Å². The molecule has 0 saturated heterocycles. The number of nitrogen functional groups attached to an aromatic ring is 1. The van der Waals surface area contributed by atoms with Gasteiger partial charge in [-0.25, -0.2) is 8.42 Å². The minimum atomic E-state index is -3.73. The second-order valence-electron chi connectivity index (χ2n) is 4.09. The Morgan fingerprint density at radius 1 is 1.25 bits per heavy atom. The van der Waals surface area contributed by atoms with Crippen molar-refractivity contribution in [2.24, 2.45) is 5.73 Å². The van der Waals surface area contributed by atoms with Crippen LogP contribution in [-0.2, 0) is 10.0 Å². The molecule has 0 spiro atoms. The highest BCUT2D eigenvalue weighted by molar-refractivity contribution is 7.92. The number of benzene rings is 1. The van der Waals surface area contributed by atoms with E-state index in [1.807, 2.05) is 0 Å². The molecule has 0 unspecified atom stereocenters. The maximum atomic E-state index is 12.5. The number of nitrogens with zero attached hydrogens (tertiary/aromatic N) is 2. The maximum absolute atomic E-state index is 12.5. The molecule has 0 aliphatic rings. The molecule has 1 heterocycles. The van der Waals surface area contributed by atoms with Crippen LogP contribution in [0.2, 0.25) is 0 Å². The SMILES string of the molecule is CN(c1ccccc1C(=N)N)S(=O)(=O)c1cccnc1. The molecule has 0 radical (unpaired) electrons. The van der Waals surface area contributed by atoms with Crippen LogP contribution in [0.4, 0.5) is 5.69 Å². The van der Waals surface area contributed by atoms with Gasteiger partial charge in [-0.2, -0.15) is 0 Å². The number of nitrogens with two attached hydrogens (primary N) is 1. The van der Waals surface area contributed by atoms with Gasteiger partial charge in [-0.05, 0) is 24.3 Å². The zero-order valence-corrected chi connectivity index (χ0v) is 11.6. The Morgan fingerprint density at radius 2 is 1.95 bits per heavy atom. The summed E-state index contributed by atoms with van der Waals surface area (Å²) >= 11 is 0. The fraction of sp³-hybridized carbons (Fsp3) is 0.0769. The van der Waals surface area contributed by atoms with Crippen molar-refractivity contribution in [2.45, 2.75) is 4.90 Å². The summed E-state index contributed by atoms with van der Waals surface area (Å²) in [5.74, 6) is -0.186. The molecule has 3 N–H and O–H groups in total. The normalized spacial score (nSPS) is 11.1. The first-order chi connectivity index (χ1) is 9.44. The lowest BCUT2D eigenvalue weighted by atomic mass is 10.1. The van der Waals surface area contributed by atoms with E-state index in [2.05, 4.69) is 4.98 Å². The second kappa shape index (κ2) is 5.30. The van der Waals surface area contributed by atoms with Gasteiger partial charge in [-0.1, -0.05) is 12.1 Å². The molecule has 1 aromatic heterocycles. The van der Waals surface area contributed by atoms with Gasteiger partial charge in [0.2, 0.25) is 0 Å². The van der Waals surface area contributed by atoms with Crippen molar-refractivity contribution >= 4 is 21.5 Å². The van der Waals surface area contributed by atoms with Crippen LogP contribution in [0.1, 0.15) is 5.56 Å². The lowest BCUT2D eigenvalue weighted by molar-refractivity contribution is 0.594. The molecule has 20 heavy (non-hydrogen) atoms. The minimum Gasteiger partial charge on any atom is -0.384 e. The number of rotatable bonds is 4. The van der Waals surface area contributed by atoms with Crippen LogP contribution in [0.25, 0.3) is 0 Å². The van der Waals surface area contributed by atoms with Crippen molar-refractivity contribution in [1.82, 2.24) is 4.98 Å². The van der Waals surface area contributed by atoms with Crippen LogP contribution in [0.3, 0.4) is 0 Å². The maximum Gasteiger partial charge on any atom is 0.265 e. The molecule has 2 aromatic rings. The number of hydrogen-bond acceptors (Lipinski definition) is 4. The Bertz CT molecular complexity index is 729. The number of aromatic nitrogens is 1. The van der Waals surface area contributed by atoms with Crippen molar-refractivity contribution in [3.05, 3.63) is 54.4 Å². The quantitative estimate of drug-likeness (QED) is 0.652. The molecular weight excluding hydrogens is 276 g/mol. The Kier molecular flexibility index (Phi) is 3.71. The highest BCUT2D eigenvalue weighted by Gasteiger charge is 2.23. The number of para-hydroxylation sites is 1. The molecular formula is C13H14N4O2S. The third-order valence-electron chi connectivity index (χ3n) is 2.83. The monoisotopic (exact) mass is 290 g/mol. The molecule has 6 nitrogen and oxygen atoms in total. The van der Waals surface area contributed by atoms with Crippen molar-refractivity contribution < 1.29 is 8.42 Å². The molecule has 0 bridgehead atoms. The van der Waals surface area contributed by atoms with Crippen LogP contribution < -0.4 is 10.0 Å². The zero-order valence-electron chi connectivity index (χ0n) is 10.8. The van der Waals surface area contributed by atoms with E-state index >= 15 is 0 Å². The van der Waals surface area contributed by atoms with Crippen molar-refractivity contribution in [2.75, 3.05) is 11.4 Å². The molecule has 7 heteroatoms. The van der Waals surface area contributed by atoms with E-state index in [-0.39, 0.29) is 10.7 Å². The smallest absolute Gasteiger partial charge is 0.265 e. The number of pyridine rings is 1. The molecule has 1 aromatic carbocycles. The Morgan fingerprint density at radius 3 is 2.55 bits per heavy atom. The minimum absolute atomic E-state index is 0.0841. The lowest BCUT2D eigenvalue weighted by Gasteiger charge is -2.21. The molecule has 2 rings (SSSR count). The van der Waals surface area contributed by atoms with Gasteiger partial charge in [0.15, 0.2) is 0 Å². The standard InChI is InChI=1S/C13H14N4O2S/c1-17(12-7-3-2-6-11(12)13(14)15)20(18,19)10-5-4-8-16-9-10/h2-9H,1H3,(H3,14,15). The summed E-state index contributed by atoms with van der Waals surface area (Å²) in [4.78, 5) is 3.90. The van der Waals surface area contributed by atoms with Crippen molar-refractivity contribution in [3.63, 3.8) is 0 Å². The summed E-state index contributed by atoms with van der Waals surface area (Å²) in [6.45, 7) is 0. The summed E-state index contributed by atoms with van der Waals surface area (Å²) in [6.07, 6.45) is 2.78. The average molecular weight is 290 g/mol. The van der Waals surface area contributed by atoms with Gasteiger partial charge < -0.3 is 5.73 Å². The van der Waals surface area contributed by atoms with E-state index in [4.69, 9.17) is 11.1 Å². The molecule has 0 amide bonds. The largest absolute Gasteiger partial charge is 0.384 e. The van der Waals surface area contributed by atoms with Gasteiger partial charge in [-0.3, -0.25) is 14.7 Å². The fourth-order valence-corrected chi connectivity index (χ4v) is 2.94. The first-order valence-corrected chi connectivity index (χ1v) is 7.21. The van der Waals surface area contributed by atoms with E-state index in [1.54, 1.807) is 30.3 Å². The topological polar surface area (TPSA) is 100 Å². The summed E-state index contributed by atoms with van der Waals surface area (Å²) < 4.78 is 26.1. The van der Waals surface area contributed by atoms with E-state index in [1.165, 1.54) is 25.5 Å². The molecule has 0 atom stereocenters. The van der Waals surface area contributed by atoms with Crippen molar-refractivity contribution in [3.8, 4) is 0 Å². The number of sulfonamides is 1. The van der Waals surface area contributed by atoms with Gasteiger partial charge in [0.05, 0.1) is 5.69 Å². The first kappa shape index (κ1) is 14.0. The molecule has 0 saturated carbocycles. The summed E-state index contributed by atoms with van der Waals surface area (Å²) in [7, 11) is -2.31. The Labute approximate surface area is 117 Å². The first-order valence-electron chi connectivity index (χ1n) is 5.77. The van der Waals surface area contributed by atoms with Gasteiger partial charge in [0, 0.05) is 25.0 Å². The van der Waals surface area contributed by atoms with Crippen LogP contribution in [0.5, 0.6) is 0 Å². The van der Waals surface area contributed by atoms with Gasteiger partial charge in [0.25, 0.3) is 10.0 Å². The van der Waals surface area contributed by atoms with E-state index in [9.17, 15) is 8.42 Å². The Hall–Kier alpha value is -2.41. The van der Waals surface area contributed by atoms with E-state index < -0.39 is 10.0 Å². The third kappa shape index (κ3) is 2.48. The van der Waals surface area contributed by atoms with Gasteiger partial charge in [-0.15, -0.1) is 0 Å². The van der Waals surface area contributed by atoms with Crippen LogP contribution in [0, 0.1) is 5.41 Å². The molecule has 0 aliphatic carbocycles. The second-order valence-corrected chi connectivity index (χ2v) is 6.06. The number of hydrogen-bond donors (Lipinski definition) is 2. The molecule has 104 valence electrons. The van der Waals surface area contributed by atoms with Crippen LogP contribution in [-0.4, -0.2) is 26.3 Å². The van der Waals surface area contributed by atoms with Gasteiger partial charge >= 0.3 is 0 Å². The lowest BCUT2D eigenvalue weighted by Crippen LogP contribution is -2.29. The summed E-state index contributed by atoms with van der Waals surface area (Å²) in [6, 6.07) is 9.62. The zero-order chi connectivity index (χ0) is 14.8. The third-order valence-corrected chi connectivity index (χ3v) is 4.58. The van der Waals surface area contributed by atoms with Crippen molar-refractivity contribution in [1.29, 1.82) is 5.41 Å². The Balaban J connectivity index is 2.52. The number of anilines is 1. The molecule has 0 aliphatic heterocycles. The fourth-order valence-electron chi connectivity index (χ4n) is 1.76. The highest BCUT2D eigenvalue weighted by Crippen LogP contribution is 2.24. The molecule has 0 fully saturated rings. The predicted octanol–water partition coefficient (Wildman–Crippen LogP) is 1.19.